The van der Waals surface area contributed by atoms with E-state index in [0.29, 0.717) is 10.7 Å². The third kappa shape index (κ3) is 4.70. The zero-order chi connectivity index (χ0) is 18.4. The van der Waals surface area contributed by atoms with Crippen molar-refractivity contribution < 1.29 is 9.53 Å². The molecule has 0 fully saturated rings. The van der Waals surface area contributed by atoms with E-state index in [1.54, 1.807) is 0 Å². The molecule has 0 aromatic heterocycles. The molecule has 1 atom stereocenters. The summed E-state index contributed by atoms with van der Waals surface area (Å²) in [6, 6.07) is 19.7. The number of allylic oxidation sites excluding steroid dienone is 1. The number of ether oxygens (including phenoxy) is 1. The van der Waals surface area contributed by atoms with E-state index in [0.717, 1.165) is 24.1 Å². The van der Waals surface area contributed by atoms with Crippen LogP contribution in [0.5, 0.6) is 0 Å². The molecule has 26 heavy (non-hydrogen) atoms. The molecule has 0 aliphatic carbocycles. The molecule has 0 saturated heterocycles. The van der Waals surface area contributed by atoms with E-state index in [9.17, 15) is 4.79 Å². The minimum Gasteiger partial charge on any atom is -0.457 e. The van der Waals surface area contributed by atoms with Crippen LogP contribution in [0.2, 0.25) is 0 Å². The van der Waals surface area contributed by atoms with Gasteiger partial charge in [-0.2, -0.15) is 0 Å². The summed E-state index contributed by atoms with van der Waals surface area (Å²) in [5.41, 5.74) is 3.57. The van der Waals surface area contributed by atoms with Gasteiger partial charge in [-0.1, -0.05) is 60.7 Å². The van der Waals surface area contributed by atoms with Crippen LogP contribution in [-0.2, 0) is 22.6 Å². The zero-order valence-corrected chi connectivity index (χ0v) is 15.5. The third-order valence-electron chi connectivity index (χ3n) is 4.36. The minimum absolute atomic E-state index is 0.160. The zero-order valence-electron chi connectivity index (χ0n) is 14.7. The third-order valence-corrected chi connectivity index (χ3v) is 4.58. The maximum Gasteiger partial charge on any atom is 0.338 e. The minimum atomic E-state index is -0.313. The van der Waals surface area contributed by atoms with Crippen LogP contribution in [0, 0.1) is 0 Å². The first-order valence-corrected chi connectivity index (χ1v) is 9.07. The van der Waals surface area contributed by atoms with Crippen molar-refractivity contribution in [3.8, 4) is 0 Å². The molecule has 4 nitrogen and oxygen atoms in total. The Labute approximate surface area is 159 Å². The molecule has 0 spiro atoms. The van der Waals surface area contributed by atoms with Crippen molar-refractivity contribution in [1.29, 1.82) is 0 Å². The first kappa shape index (κ1) is 18.1. The van der Waals surface area contributed by atoms with Crippen molar-refractivity contribution >= 4 is 23.3 Å². The monoisotopic (exact) mass is 366 g/mol. The standard InChI is InChI=1S/C21H22N2O2S/c1-15-19(20(24)25-14-17-10-6-3-7-11-17)18(23-21(26)22-15)13-12-16-8-4-2-5-9-16/h2-11,18H,12-14H2,1H3,(H2,22,23,26). The lowest BCUT2D eigenvalue weighted by Crippen LogP contribution is -2.50. The number of hydrogen-bond acceptors (Lipinski definition) is 3. The molecule has 5 heteroatoms. The van der Waals surface area contributed by atoms with Crippen LogP contribution < -0.4 is 10.6 Å². The highest BCUT2D eigenvalue weighted by molar-refractivity contribution is 7.80. The second-order valence-electron chi connectivity index (χ2n) is 6.28. The number of benzene rings is 2. The summed E-state index contributed by atoms with van der Waals surface area (Å²) < 4.78 is 5.54. The van der Waals surface area contributed by atoms with Crippen LogP contribution in [-0.4, -0.2) is 17.1 Å². The van der Waals surface area contributed by atoms with Gasteiger partial charge in [0.1, 0.15) is 6.61 Å². The van der Waals surface area contributed by atoms with Gasteiger partial charge in [-0.25, -0.2) is 4.79 Å². The van der Waals surface area contributed by atoms with Crippen molar-refractivity contribution in [2.75, 3.05) is 0 Å². The number of carbonyl (C=O) groups is 1. The van der Waals surface area contributed by atoms with Crippen LogP contribution >= 0.6 is 12.2 Å². The normalized spacial score (nSPS) is 16.7. The van der Waals surface area contributed by atoms with E-state index in [1.165, 1.54) is 5.56 Å². The fourth-order valence-corrected chi connectivity index (χ4v) is 3.33. The fourth-order valence-electron chi connectivity index (χ4n) is 3.03. The Balaban J connectivity index is 1.69. The van der Waals surface area contributed by atoms with Crippen LogP contribution in [0.1, 0.15) is 24.5 Å². The van der Waals surface area contributed by atoms with E-state index in [2.05, 4.69) is 22.8 Å². The Morgan fingerprint density at radius 2 is 1.65 bits per heavy atom. The molecule has 0 bridgehead atoms. The number of rotatable bonds is 6. The Morgan fingerprint density at radius 1 is 1.04 bits per heavy atom. The fraction of sp³-hybridized carbons (Fsp3) is 0.238. The highest BCUT2D eigenvalue weighted by Gasteiger charge is 2.29. The molecule has 3 rings (SSSR count). The average Bonchev–Trinajstić information content (AvgIpc) is 2.66. The van der Waals surface area contributed by atoms with Crippen molar-refractivity contribution in [3.05, 3.63) is 83.1 Å². The predicted octanol–water partition coefficient (Wildman–Crippen LogP) is 3.48. The summed E-state index contributed by atoms with van der Waals surface area (Å²) in [5, 5.41) is 6.79. The quantitative estimate of drug-likeness (QED) is 0.605. The van der Waals surface area contributed by atoms with Gasteiger partial charge >= 0.3 is 5.97 Å². The average molecular weight is 366 g/mol. The lowest BCUT2D eigenvalue weighted by atomic mass is 9.96. The van der Waals surface area contributed by atoms with E-state index in [1.807, 2.05) is 55.5 Å². The molecule has 2 aromatic rings. The van der Waals surface area contributed by atoms with Gasteiger partial charge in [0, 0.05) is 5.70 Å². The second-order valence-corrected chi connectivity index (χ2v) is 6.68. The predicted molar refractivity (Wildman–Crippen MR) is 106 cm³/mol. The summed E-state index contributed by atoms with van der Waals surface area (Å²) in [7, 11) is 0. The number of thiocarbonyl (C=S) groups is 1. The highest BCUT2D eigenvalue weighted by Crippen LogP contribution is 2.19. The molecule has 2 N–H and O–H groups in total. The van der Waals surface area contributed by atoms with Gasteiger partial charge in [-0.3, -0.25) is 0 Å². The first-order chi connectivity index (χ1) is 12.6. The van der Waals surface area contributed by atoms with Crippen LogP contribution in [0.4, 0.5) is 0 Å². The number of nitrogens with one attached hydrogen (secondary N) is 2. The number of hydrogen-bond donors (Lipinski definition) is 2. The molecule has 1 aliphatic rings. The van der Waals surface area contributed by atoms with Gasteiger partial charge in [-0.15, -0.1) is 0 Å². The molecule has 1 heterocycles. The lowest BCUT2D eigenvalue weighted by Gasteiger charge is -2.29. The van der Waals surface area contributed by atoms with Crippen molar-refractivity contribution in [1.82, 2.24) is 10.6 Å². The molecule has 0 amide bonds. The Kier molecular flexibility index (Phi) is 6.02. The molecule has 1 aliphatic heterocycles. The van der Waals surface area contributed by atoms with Gasteiger partial charge in [0.2, 0.25) is 0 Å². The van der Waals surface area contributed by atoms with Crippen molar-refractivity contribution in [3.63, 3.8) is 0 Å². The van der Waals surface area contributed by atoms with Crippen LogP contribution in [0.3, 0.4) is 0 Å². The number of aryl methyl sites for hydroxylation is 1. The van der Waals surface area contributed by atoms with Crippen LogP contribution in [0.25, 0.3) is 0 Å². The number of carbonyl (C=O) groups excluding carboxylic acids is 1. The van der Waals surface area contributed by atoms with Gasteiger partial charge in [0.25, 0.3) is 0 Å². The Morgan fingerprint density at radius 3 is 2.31 bits per heavy atom. The van der Waals surface area contributed by atoms with Gasteiger partial charge in [0.15, 0.2) is 5.11 Å². The van der Waals surface area contributed by atoms with E-state index >= 15 is 0 Å². The molecule has 0 saturated carbocycles. The van der Waals surface area contributed by atoms with Gasteiger partial charge in [0.05, 0.1) is 11.6 Å². The maximum absolute atomic E-state index is 12.7. The summed E-state index contributed by atoms with van der Waals surface area (Å²) in [6.45, 7) is 2.12. The molecular weight excluding hydrogens is 344 g/mol. The SMILES string of the molecule is CC1=C(C(=O)OCc2ccccc2)C(CCc2ccccc2)NC(=S)N1. The van der Waals surface area contributed by atoms with Crippen molar-refractivity contribution in [2.24, 2.45) is 0 Å². The van der Waals surface area contributed by atoms with Gasteiger partial charge in [-0.05, 0) is 43.1 Å². The molecular formula is C21H22N2O2S. The largest absolute Gasteiger partial charge is 0.457 e. The maximum atomic E-state index is 12.7. The smallest absolute Gasteiger partial charge is 0.338 e. The first-order valence-electron chi connectivity index (χ1n) is 8.67. The summed E-state index contributed by atoms with van der Waals surface area (Å²) in [6.07, 6.45) is 1.61. The molecule has 1 unspecified atom stereocenters. The van der Waals surface area contributed by atoms with Gasteiger partial charge < -0.3 is 15.4 Å². The molecule has 2 aromatic carbocycles. The van der Waals surface area contributed by atoms with E-state index < -0.39 is 0 Å². The highest BCUT2D eigenvalue weighted by atomic mass is 32.1. The van der Waals surface area contributed by atoms with Crippen molar-refractivity contribution in [2.45, 2.75) is 32.4 Å². The molecule has 0 radical (unpaired) electrons. The second kappa shape index (κ2) is 8.63. The van der Waals surface area contributed by atoms with E-state index in [-0.39, 0.29) is 18.6 Å². The number of esters is 1. The molecule has 134 valence electrons. The summed E-state index contributed by atoms with van der Waals surface area (Å²) >= 11 is 5.26. The summed E-state index contributed by atoms with van der Waals surface area (Å²) in [5.74, 6) is -0.313. The Hall–Kier alpha value is -2.66. The Bertz CT molecular complexity index is 803. The van der Waals surface area contributed by atoms with Crippen LogP contribution in [0.15, 0.2) is 71.9 Å². The lowest BCUT2D eigenvalue weighted by molar-refractivity contribution is -0.140. The van der Waals surface area contributed by atoms with E-state index in [4.69, 9.17) is 17.0 Å². The summed E-state index contributed by atoms with van der Waals surface area (Å²) in [4.78, 5) is 12.7. The topological polar surface area (TPSA) is 50.4 Å².